The number of nitriles is 1. The molecule has 1 aliphatic heterocycles. The maximum atomic E-state index is 13.5. The second-order valence-electron chi connectivity index (χ2n) is 4.39. The van der Waals surface area contributed by atoms with Crippen molar-refractivity contribution in [2.45, 2.75) is 17.9 Å². The number of rotatable bonds is 2. The van der Waals surface area contributed by atoms with Crippen molar-refractivity contribution in [1.29, 1.82) is 5.26 Å². The van der Waals surface area contributed by atoms with Crippen LogP contribution in [-0.4, -0.2) is 38.4 Å². The molecule has 1 unspecified atom stereocenters. The molecule has 0 bridgehead atoms. The van der Waals surface area contributed by atoms with Gasteiger partial charge in [-0.05, 0) is 19.1 Å². The summed E-state index contributed by atoms with van der Waals surface area (Å²) in [5.41, 5.74) is -0.423. The van der Waals surface area contributed by atoms with Gasteiger partial charge in [-0.15, -0.1) is 0 Å². The van der Waals surface area contributed by atoms with Gasteiger partial charge >= 0.3 is 0 Å². The number of halogens is 1. The molecule has 1 heterocycles. The number of piperazine rings is 1. The smallest absolute Gasteiger partial charge is 0.244 e. The Labute approximate surface area is 111 Å². The molecule has 0 aliphatic carbocycles. The molecule has 0 amide bonds. The van der Waals surface area contributed by atoms with Crippen LogP contribution in [0.1, 0.15) is 12.5 Å². The van der Waals surface area contributed by atoms with E-state index in [2.05, 4.69) is 5.32 Å². The molecular formula is C12H14FN3O2S. The predicted molar refractivity (Wildman–Crippen MR) is 67.3 cm³/mol. The van der Waals surface area contributed by atoms with Crippen LogP contribution in [0.15, 0.2) is 23.1 Å². The van der Waals surface area contributed by atoms with Crippen molar-refractivity contribution in [3.05, 3.63) is 29.6 Å². The van der Waals surface area contributed by atoms with Gasteiger partial charge in [0.2, 0.25) is 10.0 Å². The predicted octanol–water partition coefficient (Wildman–Crippen LogP) is 0.680. The number of nitrogens with zero attached hydrogens (tertiary/aromatic N) is 2. The summed E-state index contributed by atoms with van der Waals surface area (Å²) in [6.07, 6.45) is 0. The number of benzene rings is 1. The van der Waals surface area contributed by atoms with Crippen LogP contribution in [0.25, 0.3) is 0 Å². The zero-order valence-corrected chi connectivity index (χ0v) is 11.2. The van der Waals surface area contributed by atoms with Gasteiger partial charge in [0.05, 0.1) is 0 Å². The van der Waals surface area contributed by atoms with E-state index in [0.29, 0.717) is 19.6 Å². The first-order valence-corrected chi connectivity index (χ1v) is 7.33. The fraction of sp³-hybridized carbons (Fsp3) is 0.417. The molecule has 1 aromatic carbocycles. The minimum atomic E-state index is -3.85. The molecule has 0 radical (unpaired) electrons. The summed E-state index contributed by atoms with van der Waals surface area (Å²) in [6, 6.07) is 5.05. The number of sulfonamides is 1. The van der Waals surface area contributed by atoms with Gasteiger partial charge in [-0.2, -0.15) is 9.57 Å². The first-order chi connectivity index (χ1) is 8.98. The minimum Gasteiger partial charge on any atom is -0.314 e. The molecule has 2 rings (SSSR count). The lowest BCUT2D eigenvalue weighted by Gasteiger charge is -2.33. The van der Waals surface area contributed by atoms with E-state index in [1.54, 1.807) is 13.0 Å². The van der Waals surface area contributed by atoms with Gasteiger partial charge in [-0.1, -0.05) is 6.07 Å². The van der Waals surface area contributed by atoms with Crippen LogP contribution in [-0.2, 0) is 10.0 Å². The van der Waals surface area contributed by atoms with Crippen molar-refractivity contribution in [1.82, 2.24) is 9.62 Å². The van der Waals surface area contributed by atoms with E-state index in [1.807, 2.05) is 0 Å². The molecule has 1 N–H and O–H groups in total. The third-order valence-corrected chi connectivity index (χ3v) is 5.17. The lowest BCUT2D eigenvalue weighted by molar-refractivity contribution is 0.283. The van der Waals surface area contributed by atoms with Crippen molar-refractivity contribution in [3.8, 4) is 6.07 Å². The largest absolute Gasteiger partial charge is 0.314 e. The van der Waals surface area contributed by atoms with Crippen molar-refractivity contribution >= 4 is 10.0 Å². The SMILES string of the molecule is CC1CNCCN1S(=O)(=O)c1cccc(F)c1C#N. The highest BCUT2D eigenvalue weighted by Crippen LogP contribution is 2.24. The summed E-state index contributed by atoms with van der Waals surface area (Å²) in [5, 5.41) is 12.0. The van der Waals surface area contributed by atoms with Crippen molar-refractivity contribution < 1.29 is 12.8 Å². The van der Waals surface area contributed by atoms with Gasteiger partial charge in [0.15, 0.2) is 0 Å². The van der Waals surface area contributed by atoms with Crippen LogP contribution in [0.2, 0.25) is 0 Å². The molecule has 102 valence electrons. The van der Waals surface area contributed by atoms with Gasteiger partial charge in [-0.3, -0.25) is 0 Å². The van der Waals surface area contributed by atoms with Gasteiger partial charge in [0.1, 0.15) is 22.3 Å². The van der Waals surface area contributed by atoms with E-state index >= 15 is 0 Å². The molecule has 1 aromatic rings. The third-order valence-electron chi connectivity index (χ3n) is 3.11. The van der Waals surface area contributed by atoms with E-state index < -0.39 is 21.4 Å². The Morgan fingerprint density at radius 2 is 2.26 bits per heavy atom. The zero-order chi connectivity index (χ0) is 14.0. The number of nitrogens with one attached hydrogen (secondary N) is 1. The summed E-state index contributed by atoms with van der Waals surface area (Å²) in [6.45, 7) is 3.16. The first-order valence-electron chi connectivity index (χ1n) is 5.89. The van der Waals surface area contributed by atoms with Gasteiger partial charge < -0.3 is 5.32 Å². The van der Waals surface area contributed by atoms with Crippen LogP contribution in [0.3, 0.4) is 0 Å². The van der Waals surface area contributed by atoms with E-state index in [0.717, 1.165) is 6.07 Å². The summed E-state index contributed by atoms with van der Waals surface area (Å²) in [5.74, 6) is -0.814. The highest BCUT2D eigenvalue weighted by atomic mass is 32.2. The van der Waals surface area contributed by atoms with E-state index in [9.17, 15) is 12.8 Å². The average Bonchev–Trinajstić information content (AvgIpc) is 2.38. The number of hydrogen-bond acceptors (Lipinski definition) is 4. The molecular weight excluding hydrogens is 269 g/mol. The second kappa shape index (κ2) is 5.25. The fourth-order valence-corrected chi connectivity index (χ4v) is 3.92. The van der Waals surface area contributed by atoms with Crippen molar-refractivity contribution in [2.24, 2.45) is 0 Å². The molecule has 0 saturated carbocycles. The normalized spacial score (nSPS) is 21.0. The zero-order valence-electron chi connectivity index (χ0n) is 10.4. The fourth-order valence-electron chi connectivity index (χ4n) is 2.13. The van der Waals surface area contributed by atoms with Crippen LogP contribution >= 0.6 is 0 Å². The molecule has 1 aliphatic rings. The first kappa shape index (κ1) is 13.9. The van der Waals surface area contributed by atoms with E-state index in [1.165, 1.54) is 16.4 Å². The van der Waals surface area contributed by atoms with Crippen LogP contribution < -0.4 is 5.32 Å². The standard InChI is InChI=1S/C12H14FN3O2S/c1-9-8-15-5-6-16(9)19(17,18)12-4-2-3-11(13)10(12)7-14/h2-4,9,15H,5-6,8H2,1H3. The van der Waals surface area contributed by atoms with Crippen molar-refractivity contribution in [3.63, 3.8) is 0 Å². The lowest BCUT2D eigenvalue weighted by Crippen LogP contribution is -2.52. The van der Waals surface area contributed by atoms with Crippen molar-refractivity contribution in [2.75, 3.05) is 19.6 Å². The molecule has 5 nitrogen and oxygen atoms in total. The number of hydrogen-bond donors (Lipinski definition) is 1. The summed E-state index contributed by atoms with van der Waals surface area (Å²) in [7, 11) is -3.85. The summed E-state index contributed by atoms with van der Waals surface area (Å²) >= 11 is 0. The third kappa shape index (κ3) is 2.47. The van der Waals surface area contributed by atoms with Gasteiger partial charge in [-0.25, -0.2) is 12.8 Å². The quantitative estimate of drug-likeness (QED) is 0.866. The second-order valence-corrected chi connectivity index (χ2v) is 6.25. The topological polar surface area (TPSA) is 73.2 Å². The molecule has 1 saturated heterocycles. The minimum absolute atomic E-state index is 0.228. The monoisotopic (exact) mass is 283 g/mol. The van der Waals surface area contributed by atoms with Gasteiger partial charge in [0.25, 0.3) is 0 Å². The maximum Gasteiger partial charge on any atom is 0.244 e. The Hall–Kier alpha value is -1.49. The molecule has 7 heteroatoms. The Kier molecular flexibility index (Phi) is 3.85. The molecule has 0 aromatic heterocycles. The Balaban J connectivity index is 2.51. The summed E-state index contributed by atoms with van der Waals surface area (Å²) in [4.78, 5) is -0.260. The van der Waals surface area contributed by atoms with E-state index in [-0.39, 0.29) is 10.9 Å². The summed E-state index contributed by atoms with van der Waals surface area (Å²) < 4.78 is 39.9. The van der Waals surface area contributed by atoms with Crippen LogP contribution in [0, 0.1) is 17.1 Å². The Morgan fingerprint density at radius 3 is 2.89 bits per heavy atom. The molecule has 0 spiro atoms. The Bertz CT molecular complexity index is 624. The molecule has 1 atom stereocenters. The van der Waals surface area contributed by atoms with Gasteiger partial charge in [0, 0.05) is 25.7 Å². The molecule has 19 heavy (non-hydrogen) atoms. The highest BCUT2D eigenvalue weighted by molar-refractivity contribution is 7.89. The van der Waals surface area contributed by atoms with Crippen LogP contribution in [0.4, 0.5) is 4.39 Å². The molecule has 1 fully saturated rings. The van der Waals surface area contributed by atoms with Crippen LogP contribution in [0.5, 0.6) is 0 Å². The average molecular weight is 283 g/mol. The highest BCUT2D eigenvalue weighted by Gasteiger charge is 2.33. The van der Waals surface area contributed by atoms with E-state index in [4.69, 9.17) is 5.26 Å². The Morgan fingerprint density at radius 1 is 1.53 bits per heavy atom. The maximum absolute atomic E-state index is 13.5. The lowest BCUT2D eigenvalue weighted by atomic mass is 10.2.